The number of hydrogen-bond acceptors (Lipinski definition) is 5. The van der Waals surface area contributed by atoms with Crippen LogP contribution in [-0.4, -0.2) is 29.6 Å². The van der Waals surface area contributed by atoms with Crippen molar-refractivity contribution in [3.05, 3.63) is 42.2 Å². The minimum atomic E-state index is 0.763. The minimum Gasteiger partial charge on any atom is -0.272 e. The molecule has 0 spiro atoms. The molecule has 0 saturated heterocycles. The predicted octanol–water partition coefficient (Wildman–Crippen LogP) is 3.04. The molecule has 6 nitrogen and oxygen atoms in total. The summed E-state index contributed by atoms with van der Waals surface area (Å²) in [4.78, 5) is 0.789. The summed E-state index contributed by atoms with van der Waals surface area (Å²) in [5, 5.41) is 18.6. The summed E-state index contributed by atoms with van der Waals surface area (Å²) >= 11 is 1.53. The number of hydrogen-bond donors (Lipinski definition) is 0. The molecule has 0 aliphatic rings. The first-order valence-electron chi connectivity index (χ1n) is 7.08. The van der Waals surface area contributed by atoms with Gasteiger partial charge in [-0.3, -0.25) is 4.68 Å². The molecule has 0 amide bonds. The molecule has 0 aliphatic heterocycles. The van der Waals surface area contributed by atoms with Gasteiger partial charge in [0.05, 0.1) is 11.3 Å². The fourth-order valence-electron chi connectivity index (χ4n) is 2.38. The molecule has 0 N–H and O–H groups in total. The van der Waals surface area contributed by atoms with Crippen LogP contribution in [0.4, 0.5) is 0 Å². The van der Waals surface area contributed by atoms with Crippen molar-refractivity contribution in [2.45, 2.75) is 20.4 Å². The Kier molecular flexibility index (Phi) is 3.00. The molecular weight excluding hydrogens is 296 g/mol. The van der Waals surface area contributed by atoms with Crippen molar-refractivity contribution >= 4 is 16.3 Å². The van der Waals surface area contributed by atoms with Gasteiger partial charge in [0.15, 0.2) is 10.8 Å². The Morgan fingerprint density at radius 1 is 1.09 bits per heavy atom. The normalized spacial score (nSPS) is 11.4. The summed E-state index contributed by atoms with van der Waals surface area (Å²) in [5.74, 6) is 0.763. The number of benzene rings is 1. The Morgan fingerprint density at radius 2 is 1.91 bits per heavy atom. The lowest BCUT2D eigenvalue weighted by molar-refractivity contribution is 0.653. The van der Waals surface area contributed by atoms with Crippen LogP contribution in [0.5, 0.6) is 0 Å². The van der Waals surface area contributed by atoms with E-state index in [2.05, 4.69) is 27.3 Å². The highest BCUT2D eigenvalue weighted by atomic mass is 32.1. The van der Waals surface area contributed by atoms with Crippen molar-refractivity contribution in [2.75, 3.05) is 0 Å². The van der Waals surface area contributed by atoms with Crippen molar-refractivity contribution in [1.82, 2.24) is 29.6 Å². The summed E-state index contributed by atoms with van der Waals surface area (Å²) in [6.45, 7) is 4.92. The standard InChI is InChI=1S/C15H14N6S/c1-3-20-9-12(10(2)18-20)14-19-21-13(16-17-15(21)22-14)11-7-5-4-6-8-11/h4-9H,3H2,1-2H3. The van der Waals surface area contributed by atoms with E-state index in [-0.39, 0.29) is 0 Å². The van der Waals surface area contributed by atoms with E-state index >= 15 is 0 Å². The summed E-state index contributed by atoms with van der Waals surface area (Å²) in [7, 11) is 0. The molecule has 0 bridgehead atoms. The molecule has 22 heavy (non-hydrogen) atoms. The van der Waals surface area contributed by atoms with Gasteiger partial charge in [0.2, 0.25) is 4.96 Å². The fraction of sp³-hybridized carbons (Fsp3) is 0.200. The zero-order valence-electron chi connectivity index (χ0n) is 12.3. The van der Waals surface area contributed by atoms with Gasteiger partial charge in [0.25, 0.3) is 0 Å². The molecule has 7 heteroatoms. The molecule has 0 unspecified atom stereocenters. The van der Waals surface area contributed by atoms with Crippen LogP contribution in [0.3, 0.4) is 0 Å². The second-order valence-corrected chi connectivity index (χ2v) is 5.93. The SMILES string of the molecule is CCn1cc(-c2nn3c(-c4ccccc4)nnc3s2)c(C)n1. The van der Waals surface area contributed by atoms with Crippen LogP contribution in [0.25, 0.3) is 26.9 Å². The van der Waals surface area contributed by atoms with E-state index in [9.17, 15) is 0 Å². The molecule has 1 aromatic carbocycles. The smallest absolute Gasteiger partial charge is 0.235 e. The molecule has 3 heterocycles. The van der Waals surface area contributed by atoms with Crippen molar-refractivity contribution in [1.29, 1.82) is 0 Å². The zero-order chi connectivity index (χ0) is 15.1. The van der Waals surface area contributed by atoms with Crippen LogP contribution in [0.2, 0.25) is 0 Å². The van der Waals surface area contributed by atoms with Crippen molar-refractivity contribution in [3.63, 3.8) is 0 Å². The maximum absolute atomic E-state index is 4.68. The largest absolute Gasteiger partial charge is 0.272 e. The predicted molar refractivity (Wildman–Crippen MR) is 85.7 cm³/mol. The van der Waals surface area contributed by atoms with E-state index in [1.54, 1.807) is 4.52 Å². The number of aryl methyl sites for hydroxylation is 2. The van der Waals surface area contributed by atoms with Gasteiger partial charge in [0, 0.05) is 18.3 Å². The van der Waals surface area contributed by atoms with Crippen molar-refractivity contribution < 1.29 is 0 Å². The average molecular weight is 310 g/mol. The van der Waals surface area contributed by atoms with Crippen LogP contribution in [-0.2, 0) is 6.54 Å². The topological polar surface area (TPSA) is 60.9 Å². The van der Waals surface area contributed by atoms with Gasteiger partial charge < -0.3 is 0 Å². The van der Waals surface area contributed by atoms with Crippen LogP contribution >= 0.6 is 11.3 Å². The first-order chi connectivity index (χ1) is 10.8. The molecule has 4 rings (SSSR count). The average Bonchev–Trinajstić information content (AvgIpc) is 3.21. The Bertz CT molecular complexity index is 934. The van der Waals surface area contributed by atoms with E-state index in [0.29, 0.717) is 0 Å². The first-order valence-corrected chi connectivity index (χ1v) is 7.90. The molecule has 4 aromatic rings. The third-order valence-corrected chi connectivity index (χ3v) is 4.46. The number of nitrogens with zero attached hydrogens (tertiary/aromatic N) is 6. The lowest BCUT2D eigenvalue weighted by Gasteiger charge is -1.95. The zero-order valence-corrected chi connectivity index (χ0v) is 13.1. The maximum Gasteiger partial charge on any atom is 0.235 e. The molecule has 0 atom stereocenters. The minimum absolute atomic E-state index is 0.763. The van der Waals surface area contributed by atoms with Crippen LogP contribution in [0, 0.1) is 6.92 Å². The lowest BCUT2D eigenvalue weighted by atomic mass is 10.2. The van der Waals surface area contributed by atoms with Gasteiger partial charge in [-0.1, -0.05) is 41.7 Å². The van der Waals surface area contributed by atoms with E-state index in [0.717, 1.165) is 39.2 Å². The summed E-state index contributed by atoms with van der Waals surface area (Å²) in [6.07, 6.45) is 2.03. The Morgan fingerprint density at radius 3 is 2.64 bits per heavy atom. The quantitative estimate of drug-likeness (QED) is 0.583. The highest BCUT2D eigenvalue weighted by molar-refractivity contribution is 7.19. The molecule has 0 radical (unpaired) electrons. The van der Waals surface area contributed by atoms with Gasteiger partial charge in [-0.15, -0.1) is 10.2 Å². The third-order valence-electron chi connectivity index (χ3n) is 3.52. The van der Waals surface area contributed by atoms with E-state index < -0.39 is 0 Å². The molecule has 0 fully saturated rings. The lowest BCUT2D eigenvalue weighted by Crippen LogP contribution is -1.93. The van der Waals surface area contributed by atoms with Crippen molar-refractivity contribution in [3.8, 4) is 22.0 Å². The second-order valence-electron chi connectivity index (χ2n) is 4.98. The molecule has 0 saturated carbocycles. The van der Waals surface area contributed by atoms with Crippen LogP contribution in [0.15, 0.2) is 36.5 Å². The third kappa shape index (κ3) is 2.01. The fourth-order valence-corrected chi connectivity index (χ4v) is 3.28. The van der Waals surface area contributed by atoms with Crippen LogP contribution in [0.1, 0.15) is 12.6 Å². The van der Waals surface area contributed by atoms with Gasteiger partial charge in [-0.05, 0) is 13.8 Å². The van der Waals surface area contributed by atoms with E-state index in [1.165, 1.54) is 11.3 Å². The van der Waals surface area contributed by atoms with Crippen molar-refractivity contribution in [2.24, 2.45) is 0 Å². The van der Waals surface area contributed by atoms with E-state index in [1.807, 2.05) is 48.1 Å². The molecule has 110 valence electrons. The number of rotatable bonds is 3. The first kappa shape index (κ1) is 13.1. The Balaban J connectivity index is 1.85. The summed E-state index contributed by atoms with van der Waals surface area (Å²) in [5.41, 5.74) is 3.04. The molecular formula is C15H14N6S. The number of aromatic nitrogens is 6. The highest BCUT2D eigenvalue weighted by Gasteiger charge is 2.16. The maximum atomic E-state index is 4.68. The van der Waals surface area contributed by atoms with Gasteiger partial charge >= 0.3 is 0 Å². The van der Waals surface area contributed by atoms with E-state index in [4.69, 9.17) is 0 Å². The van der Waals surface area contributed by atoms with Crippen LogP contribution < -0.4 is 0 Å². The second kappa shape index (κ2) is 5.03. The van der Waals surface area contributed by atoms with Gasteiger partial charge in [-0.25, -0.2) is 0 Å². The summed E-state index contributed by atoms with van der Waals surface area (Å²) in [6, 6.07) is 9.97. The summed E-state index contributed by atoms with van der Waals surface area (Å²) < 4.78 is 3.73. The van der Waals surface area contributed by atoms with Gasteiger partial charge in [-0.2, -0.15) is 14.7 Å². The highest BCUT2D eigenvalue weighted by Crippen LogP contribution is 2.29. The molecule has 0 aliphatic carbocycles. The Hall–Kier alpha value is -2.54. The van der Waals surface area contributed by atoms with Gasteiger partial charge in [0.1, 0.15) is 0 Å². The Labute approximate surface area is 131 Å². The number of fused-ring (bicyclic) bond motifs is 1. The molecule has 3 aromatic heterocycles. The monoisotopic (exact) mass is 310 g/mol.